The number of anilines is 2. The predicted molar refractivity (Wildman–Crippen MR) is 108 cm³/mol. The van der Waals surface area contributed by atoms with Crippen molar-refractivity contribution in [1.29, 1.82) is 0 Å². The molecule has 2 heterocycles. The number of hydrogen-bond donors (Lipinski definition) is 3. The minimum Gasteiger partial charge on any atom is -0.318 e. The van der Waals surface area contributed by atoms with E-state index >= 15 is 0 Å². The van der Waals surface area contributed by atoms with Crippen LogP contribution in [0.4, 0.5) is 11.4 Å². The molecule has 2 fully saturated rings. The molecule has 0 atom stereocenters. The van der Waals surface area contributed by atoms with Gasteiger partial charge in [-0.1, -0.05) is 19.1 Å². The fraction of sp³-hybridized carbons (Fsp3) is 0.476. The summed E-state index contributed by atoms with van der Waals surface area (Å²) in [4.78, 5) is 26.9. The molecule has 0 radical (unpaired) electrons. The van der Waals surface area contributed by atoms with Crippen molar-refractivity contribution in [3.8, 4) is 0 Å². The highest BCUT2D eigenvalue weighted by Gasteiger charge is 2.29. The molecule has 2 amide bonds. The van der Waals surface area contributed by atoms with Crippen LogP contribution in [0.2, 0.25) is 0 Å². The fourth-order valence-electron chi connectivity index (χ4n) is 3.62. The number of nitrogens with one attached hydrogen (secondary N) is 3. The number of amides is 2. The molecule has 1 aliphatic heterocycles. The van der Waals surface area contributed by atoms with E-state index < -0.39 is 11.8 Å². The Balaban J connectivity index is 1.29. The number of H-pyrrole nitrogens is 1. The first-order chi connectivity index (χ1) is 13.6. The standard InChI is InChI=1S/C21H27N5O2/c1-14-8-10-26(11-9-14)13-15-2-6-17(7-3-15)23-20(27)21(28)24-18-12-22-25-19(18)16-4-5-16/h2-3,6-7,12,14,16H,4-5,8-11,13H2,1H3,(H,22,25)(H,23,27)(H,24,28). The zero-order valence-electron chi connectivity index (χ0n) is 16.2. The van der Waals surface area contributed by atoms with Crippen molar-refractivity contribution in [3.63, 3.8) is 0 Å². The first-order valence-electron chi connectivity index (χ1n) is 10.1. The number of nitrogens with zero attached hydrogens (tertiary/aromatic N) is 2. The number of piperidine rings is 1. The molecule has 28 heavy (non-hydrogen) atoms. The molecule has 1 aliphatic carbocycles. The van der Waals surface area contributed by atoms with Gasteiger partial charge in [0.05, 0.1) is 17.6 Å². The van der Waals surface area contributed by atoms with Crippen LogP contribution in [0.1, 0.15) is 49.8 Å². The summed E-state index contributed by atoms with van der Waals surface area (Å²) in [5.74, 6) is -0.130. The maximum Gasteiger partial charge on any atom is 0.314 e. The molecule has 1 saturated carbocycles. The van der Waals surface area contributed by atoms with Crippen LogP contribution in [-0.4, -0.2) is 40.0 Å². The largest absolute Gasteiger partial charge is 0.318 e. The topological polar surface area (TPSA) is 90.1 Å². The van der Waals surface area contributed by atoms with Crippen LogP contribution in [0.5, 0.6) is 0 Å². The minimum atomic E-state index is -0.685. The molecule has 3 N–H and O–H groups in total. The van der Waals surface area contributed by atoms with E-state index in [-0.39, 0.29) is 0 Å². The van der Waals surface area contributed by atoms with Crippen molar-refractivity contribution in [2.75, 3.05) is 23.7 Å². The number of carbonyl (C=O) groups excluding carboxylic acids is 2. The lowest BCUT2D eigenvalue weighted by molar-refractivity contribution is -0.133. The summed E-state index contributed by atoms with van der Waals surface area (Å²) in [7, 11) is 0. The van der Waals surface area contributed by atoms with Crippen molar-refractivity contribution < 1.29 is 9.59 Å². The summed E-state index contributed by atoms with van der Waals surface area (Å²) < 4.78 is 0. The minimum absolute atomic E-state index is 0.413. The summed E-state index contributed by atoms with van der Waals surface area (Å²) >= 11 is 0. The van der Waals surface area contributed by atoms with Gasteiger partial charge in [0, 0.05) is 18.2 Å². The highest BCUT2D eigenvalue weighted by Crippen LogP contribution is 2.42. The van der Waals surface area contributed by atoms with Gasteiger partial charge in [0.25, 0.3) is 0 Å². The molecule has 2 aromatic rings. The number of carbonyl (C=O) groups is 2. The maximum atomic E-state index is 12.2. The number of rotatable bonds is 5. The first kappa shape index (κ1) is 18.7. The Kier molecular flexibility index (Phi) is 5.43. The van der Waals surface area contributed by atoms with Gasteiger partial charge in [-0.15, -0.1) is 0 Å². The van der Waals surface area contributed by atoms with Gasteiger partial charge in [-0.2, -0.15) is 5.10 Å². The van der Waals surface area contributed by atoms with E-state index in [2.05, 4.69) is 32.7 Å². The van der Waals surface area contributed by atoms with E-state index in [1.54, 1.807) is 6.20 Å². The van der Waals surface area contributed by atoms with Crippen LogP contribution in [0.15, 0.2) is 30.5 Å². The third-order valence-corrected chi connectivity index (χ3v) is 5.60. The normalized spacial score (nSPS) is 18.0. The van der Waals surface area contributed by atoms with Crippen LogP contribution in [0.25, 0.3) is 0 Å². The van der Waals surface area contributed by atoms with Crippen LogP contribution < -0.4 is 10.6 Å². The summed E-state index contributed by atoms with van der Waals surface area (Å²) in [6, 6.07) is 7.71. The van der Waals surface area contributed by atoms with Crippen LogP contribution in [0, 0.1) is 5.92 Å². The van der Waals surface area contributed by atoms with E-state index in [0.29, 0.717) is 17.3 Å². The molecule has 7 nitrogen and oxygen atoms in total. The Morgan fingerprint density at radius 3 is 2.43 bits per heavy atom. The van der Waals surface area contributed by atoms with Gasteiger partial charge in [0.2, 0.25) is 0 Å². The third kappa shape index (κ3) is 4.59. The highest BCUT2D eigenvalue weighted by molar-refractivity contribution is 6.43. The first-order valence-corrected chi connectivity index (χ1v) is 10.1. The Morgan fingerprint density at radius 1 is 1.07 bits per heavy atom. The lowest BCUT2D eigenvalue weighted by Crippen LogP contribution is -2.32. The summed E-state index contributed by atoms with van der Waals surface area (Å²) in [6.45, 7) is 5.50. The van der Waals surface area contributed by atoms with Crippen molar-refractivity contribution in [2.24, 2.45) is 5.92 Å². The maximum absolute atomic E-state index is 12.2. The quantitative estimate of drug-likeness (QED) is 0.694. The molecule has 0 spiro atoms. The monoisotopic (exact) mass is 381 g/mol. The van der Waals surface area contributed by atoms with E-state index in [4.69, 9.17) is 0 Å². The van der Waals surface area contributed by atoms with Gasteiger partial charge in [0.15, 0.2) is 0 Å². The van der Waals surface area contributed by atoms with Crippen molar-refractivity contribution in [3.05, 3.63) is 41.7 Å². The second-order valence-electron chi connectivity index (χ2n) is 8.04. The number of aromatic amines is 1. The van der Waals surface area contributed by atoms with Crippen LogP contribution in [0.3, 0.4) is 0 Å². The molecule has 1 aromatic carbocycles. The number of hydrogen-bond acceptors (Lipinski definition) is 4. The Labute approximate surface area is 164 Å². The lowest BCUT2D eigenvalue weighted by atomic mass is 9.99. The summed E-state index contributed by atoms with van der Waals surface area (Å²) in [5, 5.41) is 12.2. The molecule has 2 aliphatic rings. The molecule has 0 unspecified atom stereocenters. The van der Waals surface area contributed by atoms with E-state index in [9.17, 15) is 9.59 Å². The number of likely N-dealkylation sites (tertiary alicyclic amines) is 1. The Hall–Kier alpha value is -2.67. The van der Waals surface area contributed by atoms with Gasteiger partial charge in [-0.25, -0.2) is 0 Å². The Morgan fingerprint density at radius 2 is 1.75 bits per heavy atom. The molecular weight excluding hydrogens is 354 g/mol. The molecule has 148 valence electrons. The zero-order chi connectivity index (χ0) is 19.5. The Bertz CT molecular complexity index is 833. The molecule has 1 aromatic heterocycles. The second-order valence-corrected chi connectivity index (χ2v) is 8.04. The zero-order valence-corrected chi connectivity index (χ0v) is 16.2. The second kappa shape index (κ2) is 8.14. The van der Waals surface area contributed by atoms with Gasteiger partial charge < -0.3 is 10.6 Å². The van der Waals surface area contributed by atoms with E-state index in [0.717, 1.165) is 44.1 Å². The fourth-order valence-corrected chi connectivity index (χ4v) is 3.62. The van der Waals surface area contributed by atoms with Crippen molar-refractivity contribution in [2.45, 2.75) is 45.1 Å². The van der Waals surface area contributed by atoms with Gasteiger partial charge in [-0.3, -0.25) is 19.6 Å². The van der Waals surface area contributed by atoms with Gasteiger partial charge >= 0.3 is 11.8 Å². The summed E-state index contributed by atoms with van der Waals surface area (Å²) in [5.41, 5.74) is 3.32. The molecular formula is C21H27N5O2. The van der Waals surface area contributed by atoms with Crippen molar-refractivity contribution >= 4 is 23.2 Å². The predicted octanol–water partition coefficient (Wildman–Crippen LogP) is 3.10. The smallest absolute Gasteiger partial charge is 0.314 e. The average Bonchev–Trinajstić information content (AvgIpc) is 3.44. The van der Waals surface area contributed by atoms with Crippen LogP contribution >= 0.6 is 0 Å². The molecule has 4 rings (SSSR count). The van der Waals surface area contributed by atoms with Crippen LogP contribution in [-0.2, 0) is 16.1 Å². The molecule has 1 saturated heterocycles. The average molecular weight is 381 g/mol. The van der Waals surface area contributed by atoms with E-state index in [1.165, 1.54) is 18.4 Å². The van der Waals surface area contributed by atoms with Gasteiger partial charge in [0.1, 0.15) is 0 Å². The van der Waals surface area contributed by atoms with Crippen molar-refractivity contribution in [1.82, 2.24) is 15.1 Å². The molecule has 0 bridgehead atoms. The number of aromatic nitrogens is 2. The van der Waals surface area contributed by atoms with E-state index in [1.807, 2.05) is 24.3 Å². The number of benzene rings is 1. The lowest BCUT2D eigenvalue weighted by Gasteiger charge is -2.30. The SMILES string of the molecule is CC1CCN(Cc2ccc(NC(=O)C(=O)Nc3cn[nH]c3C3CC3)cc2)CC1. The third-order valence-electron chi connectivity index (χ3n) is 5.60. The highest BCUT2D eigenvalue weighted by atomic mass is 16.2. The summed E-state index contributed by atoms with van der Waals surface area (Å²) in [6.07, 6.45) is 6.22. The molecule has 7 heteroatoms. The van der Waals surface area contributed by atoms with Gasteiger partial charge in [-0.05, 0) is 62.4 Å².